The van der Waals surface area contributed by atoms with Crippen molar-refractivity contribution in [3.63, 3.8) is 0 Å². The molecule has 2 amide bonds. The fourth-order valence-electron chi connectivity index (χ4n) is 4.26. The average Bonchev–Trinajstić information content (AvgIpc) is 3.02. The number of carbonyl (C=O) groups is 1. The topological polar surface area (TPSA) is 97.7 Å². The molecule has 0 aliphatic carbocycles. The van der Waals surface area contributed by atoms with Gasteiger partial charge in [0.15, 0.2) is 6.29 Å². The van der Waals surface area contributed by atoms with Crippen LogP contribution in [0.1, 0.15) is 26.3 Å². The minimum atomic E-state index is -0.402. The molecule has 4 rings (SSSR count). The highest BCUT2D eigenvalue weighted by Gasteiger charge is 2.47. The second-order valence-corrected chi connectivity index (χ2v) is 8.45. The van der Waals surface area contributed by atoms with Crippen LogP contribution < -0.4 is 27.1 Å². The van der Waals surface area contributed by atoms with E-state index < -0.39 is 5.54 Å². The van der Waals surface area contributed by atoms with Gasteiger partial charge in [0.25, 0.3) is 0 Å². The second kappa shape index (κ2) is 8.04. The number of allylic oxidation sites excluding steroid dienone is 2. The van der Waals surface area contributed by atoms with E-state index in [4.69, 9.17) is 5.84 Å². The van der Waals surface area contributed by atoms with Crippen LogP contribution in [0, 0.1) is 0 Å². The first-order valence-corrected chi connectivity index (χ1v) is 10.3. The Morgan fingerprint density at radius 1 is 1.33 bits per heavy atom. The number of likely N-dealkylation sites (tertiary alicyclic amines) is 1. The van der Waals surface area contributed by atoms with E-state index in [-0.39, 0.29) is 18.4 Å². The fourth-order valence-corrected chi connectivity index (χ4v) is 4.26. The molecule has 0 saturated carbocycles. The molecule has 8 heteroatoms. The lowest BCUT2D eigenvalue weighted by Gasteiger charge is -2.38. The van der Waals surface area contributed by atoms with E-state index in [0.717, 1.165) is 29.1 Å². The summed E-state index contributed by atoms with van der Waals surface area (Å²) in [6, 6.07) is 9.91. The molecule has 1 fully saturated rings. The van der Waals surface area contributed by atoms with Crippen LogP contribution in [0.25, 0.3) is 0 Å². The number of hydrogen-bond acceptors (Lipinski definition) is 6. The predicted octanol–water partition coefficient (Wildman–Crippen LogP) is 1.29. The zero-order chi connectivity index (χ0) is 21.3. The Balaban J connectivity index is 1.42. The van der Waals surface area contributed by atoms with Crippen LogP contribution >= 0.6 is 0 Å². The molecule has 3 aliphatic rings. The minimum Gasteiger partial charge on any atom is -0.385 e. The minimum absolute atomic E-state index is 0.0344. The van der Waals surface area contributed by atoms with Crippen LogP contribution in [0.5, 0.6) is 0 Å². The molecule has 2 atom stereocenters. The molecule has 0 spiro atoms. The van der Waals surface area contributed by atoms with Gasteiger partial charge in [-0.1, -0.05) is 30.3 Å². The van der Waals surface area contributed by atoms with Gasteiger partial charge in [-0.3, -0.25) is 10.3 Å². The molecular weight excluding hydrogens is 378 g/mol. The van der Waals surface area contributed by atoms with Crippen LogP contribution in [0.3, 0.4) is 0 Å². The quantitative estimate of drug-likeness (QED) is 0.380. The number of rotatable bonds is 4. The number of dihydropyridines is 1. The first kappa shape index (κ1) is 20.3. The molecule has 30 heavy (non-hydrogen) atoms. The summed E-state index contributed by atoms with van der Waals surface area (Å²) in [6.07, 6.45) is 5.83. The zero-order valence-electron chi connectivity index (χ0n) is 17.8. The van der Waals surface area contributed by atoms with Gasteiger partial charge in [0, 0.05) is 31.5 Å². The maximum Gasteiger partial charge on any atom is 0.318 e. The number of hydrogen-bond donors (Lipinski definition) is 5. The molecular formula is C22H31N7O. The van der Waals surface area contributed by atoms with Gasteiger partial charge >= 0.3 is 6.03 Å². The van der Waals surface area contributed by atoms with Crippen molar-refractivity contribution in [3.05, 3.63) is 71.2 Å². The number of hydrazine groups is 1. The Bertz CT molecular complexity index is 890. The molecule has 3 heterocycles. The van der Waals surface area contributed by atoms with E-state index in [9.17, 15) is 4.79 Å². The number of nitrogens with zero attached hydrogens (tertiary/aromatic N) is 2. The summed E-state index contributed by atoms with van der Waals surface area (Å²) in [5.74, 6) is 6.39. The Kier molecular flexibility index (Phi) is 5.44. The third kappa shape index (κ3) is 3.88. The first-order valence-electron chi connectivity index (χ1n) is 10.3. The molecule has 1 aromatic rings. The lowest BCUT2D eigenvalue weighted by atomic mass is 9.92. The standard InChI is InChI=1S/C22H31N7O/c1-15-11-17(9-10-24-15)29(23)20-25-13-18-19(27-20)14-28(22(18,2)3)21(30)26-12-16-7-5-4-6-8-16/h4-9,11,13,19-20,24-25,27H,10,12,14,23H2,1-3H3,(H,26,30). The summed E-state index contributed by atoms with van der Waals surface area (Å²) in [5, 5.41) is 14.9. The monoisotopic (exact) mass is 409 g/mol. The maximum absolute atomic E-state index is 13.0. The lowest BCUT2D eigenvalue weighted by molar-refractivity contribution is 0.168. The molecule has 160 valence electrons. The Hall–Kier alpha value is -2.97. The van der Waals surface area contributed by atoms with Crippen molar-refractivity contribution in [2.24, 2.45) is 5.84 Å². The van der Waals surface area contributed by atoms with Gasteiger partial charge < -0.3 is 20.9 Å². The van der Waals surface area contributed by atoms with E-state index in [1.165, 1.54) is 0 Å². The molecule has 0 radical (unpaired) electrons. The van der Waals surface area contributed by atoms with Crippen molar-refractivity contribution in [2.75, 3.05) is 13.1 Å². The van der Waals surface area contributed by atoms with Gasteiger partial charge in [-0.2, -0.15) is 0 Å². The number of nitrogens with one attached hydrogen (secondary N) is 4. The number of nitrogens with two attached hydrogens (primary N) is 1. The smallest absolute Gasteiger partial charge is 0.318 e. The van der Waals surface area contributed by atoms with E-state index in [0.29, 0.717) is 13.1 Å². The van der Waals surface area contributed by atoms with Crippen molar-refractivity contribution >= 4 is 6.03 Å². The summed E-state index contributed by atoms with van der Waals surface area (Å²) >= 11 is 0. The Labute approximate surface area is 177 Å². The van der Waals surface area contributed by atoms with Crippen LogP contribution in [0.4, 0.5) is 4.79 Å². The number of urea groups is 1. The predicted molar refractivity (Wildman–Crippen MR) is 117 cm³/mol. The van der Waals surface area contributed by atoms with E-state index in [1.54, 1.807) is 5.01 Å². The highest BCUT2D eigenvalue weighted by Crippen LogP contribution is 2.35. The number of carbonyl (C=O) groups excluding carboxylic acids is 1. The Morgan fingerprint density at radius 3 is 2.83 bits per heavy atom. The van der Waals surface area contributed by atoms with Gasteiger partial charge in [-0.15, -0.1) is 0 Å². The molecule has 8 nitrogen and oxygen atoms in total. The van der Waals surface area contributed by atoms with Crippen LogP contribution in [0.2, 0.25) is 0 Å². The van der Waals surface area contributed by atoms with Crippen molar-refractivity contribution in [1.82, 2.24) is 31.2 Å². The van der Waals surface area contributed by atoms with Gasteiger partial charge in [0.2, 0.25) is 0 Å². The zero-order valence-corrected chi connectivity index (χ0v) is 17.8. The summed E-state index contributed by atoms with van der Waals surface area (Å²) in [6.45, 7) is 8.02. The van der Waals surface area contributed by atoms with Crippen molar-refractivity contribution in [1.29, 1.82) is 0 Å². The van der Waals surface area contributed by atoms with Crippen LogP contribution in [-0.2, 0) is 6.54 Å². The largest absolute Gasteiger partial charge is 0.385 e. The number of amides is 2. The summed E-state index contributed by atoms with van der Waals surface area (Å²) in [4.78, 5) is 14.8. The molecule has 3 aliphatic heterocycles. The fraction of sp³-hybridized carbons (Fsp3) is 0.409. The van der Waals surface area contributed by atoms with Gasteiger partial charge in [-0.25, -0.2) is 10.6 Å². The highest BCUT2D eigenvalue weighted by atomic mass is 16.2. The molecule has 1 saturated heterocycles. The molecule has 2 unspecified atom stereocenters. The molecule has 6 N–H and O–H groups in total. The molecule has 0 aromatic heterocycles. The summed E-state index contributed by atoms with van der Waals surface area (Å²) < 4.78 is 0. The highest BCUT2D eigenvalue weighted by molar-refractivity contribution is 5.77. The van der Waals surface area contributed by atoms with Gasteiger partial charge in [-0.05, 0) is 44.1 Å². The van der Waals surface area contributed by atoms with Crippen molar-refractivity contribution in [2.45, 2.75) is 45.2 Å². The van der Waals surface area contributed by atoms with Crippen molar-refractivity contribution < 1.29 is 4.79 Å². The third-order valence-electron chi connectivity index (χ3n) is 6.04. The second-order valence-electron chi connectivity index (χ2n) is 8.45. The van der Waals surface area contributed by atoms with Crippen LogP contribution in [-0.4, -0.2) is 46.9 Å². The summed E-state index contributed by atoms with van der Waals surface area (Å²) in [5.41, 5.74) is 3.85. The third-order valence-corrected chi connectivity index (χ3v) is 6.04. The van der Waals surface area contributed by atoms with E-state index in [2.05, 4.69) is 41.2 Å². The van der Waals surface area contributed by atoms with Gasteiger partial charge in [0.1, 0.15) is 0 Å². The number of benzene rings is 1. The Morgan fingerprint density at radius 2 is 2.10 bits per heavy atom. The average molecular weight is 410 g/mol. The normalized spacial score (nSPS) is 24.5. The summed E-state index contributed by atoms with van der Waals surface area (Å²) in [7, 11) is 0. The van der Waals surface area contributed by atoms with Crippen LogP contribution in [0.15, 0.2) is 65.7 Å². The number of fused-ring (bicyclic) bond motifs is 1. The first-order chi connectivity index (χ1) is 14.4. The van der Waals surface area contributed by atoms with E-state index >= 15 is 0 Å². The van der Waals surface area contributed by atoms with Gasteiger partial charge in [0.05, 0.1) is 17.3 Å². The van der Waals surface area contributed by atoms with Crippen molar-refractivity contribution in [3.8, 4) is 0 Å². The molecule has 0 bridgehead atoms. The lowest BCUT2D eigenvalue weighted by Crippen LogP contribution is -2.61. The SMILES string of the molecule is CC1=CC(N(N)C2NC=C3C(CN(C(=O)NCc4ccccc4)C3(C)C)N2)=CCN1. The van der Waals surface area contributed by atoms with E-state index in [1.807, 2.05) is 54.4 Å². The molecule has 1 aromatic carbocycles. The maximum atomic E-state index is 13.0.